The summed E-state index contributed by atoms with van der Waals surface area (Å²) in [6.07, 6.45) is 0. The number of nitrogens with two attached hydrogens (primary N) is 1. The molecule has 0 radical (unpaired) electrons. The van der Waals surface area contributed by atoms with Crippen molar-refractivity contribution in [2.75, 3.05) is 17.7 Å². The molecule has 9 heteroatoms. The molecule has 1 heterocycles. The Morgan fingerprint density at radius 2 is 2.09 bits per heavy atom. The first kappa shape index (κ1) is 17.4. The summed E-state index contributed by atoms with van der Waals surface area (Å²) in [5.74, 6) is -0.529. The summed E-state index contributed by atoms with van der Waals surface area (Å²) in [6, 6.07) is 8.27. The summed E-state index contributed by atoms with van der Waals surface area (Å²) in [5.41, 5.74) is 6.62. The zero-order valence-electron chi connectivity index (χ0n) is 12.4. The molecule has 1 amide bonds. The van der Waals surface area contributed by atoms with Gasteiger partial charge in [-0.2, -0.15) is 0 Å². The number of thioether (sulfide) groups is 1. The molecule has 0 bridgehead atoms. The zero-order valence-corrected chi connectivity index (χ0v) is 14.0. The Kier molecular flexibility index (Phi) is 6.51. The number of anilines is 1. The normalized spacial score (nSPS) is 11.7. The molecule has 2 rings (SSSR count). The fourth-order valence-electron chi connectivity index (χ4n) is 1.64. The van der Waals surface area contributed by atoms with Gasteiger partial charge in [0.1, 0.15) is 6.04 Å². The summed E-state index contributed by atoms with van der Waals surface area (Å²) >= 11 is 2.39. The minimum atomic E-state index is -0.782. The van der Waals surface area contributed by atoms with Crippen LogP contribution in [0.25, 0.3) is 0 Å². The fraction of sp³-hybridized carbons (Fsp3) is 0.286. The lowest BCUT2D eigenvalue weighted by molar-refractivity contribution is -0.139. The molecule has 3 N–H and O–H groups in total. The average Bonchev–Trinajstić information content (AvgIpc) is 3.01. The van der Waals surface area contributed by atoms with Gasteiger partial charge in [-0.3, -0.25) is 14.9 Å². The number of carbonyl (C=O) groups excluding carboxylic acids is 2. The van der Waals surface area contributed by atoms with E-state index in [0.29, 0.717) is 21.6 Å². The number of esters is 1. The number of nitrogens with one attached hydrogen (secondary N) is 1. The summed E-state index contributed by atoms with van der Waals surface area (Å²) in [7, 11) is 0. The quantitative estimate of drug-likeness (QED) is 0.445. The molecule has 1 aromatic heterocycles. The van der Waals surface area contributed by atoms with E-state index in [1.165, 1.54) is 23.1 Å². The molecular formula is C14H16N4O3S2. The van der Waals surface area contributed by atoms with E-state index in [2.05, 4.69) is 15.5 Å². The van der Waals surface area contributed by atoms with Gasteiger partial charge in [-0.1, -0.05) is 53.4 Å². The topological polar surface area (TPSA) is 107 Å². The fourth-order valence-corrected chi connectivity index (χ4v) is 3.19. The number of ether oxygens (including phenoxy) is 1. The van der Waals surface area contributed by atoms with Crippen LogP contribution in [0.1, 0.15) is 18.5 Å². The molecule has 2 aromatic rings. The number of benzene rings is 1. The zero-order chi connectivity index (χ0) is 16.7. The van der Waals surface area contributed by atoms with Gasteiger partial charge in [0.2, 0.25) is 11.0 Å². The molecule has 1 aromatic carbocycles. The van der Waals surface area contributed by atoms with Gasteiger partial charge in [0, 0.05) is 0 Å². The Hall–Kier alpha value is -1.97. The van der Waals surface area contributed by atoms with Crippen LogP contribution in [0.15, 0.2) is 34.7 Å². The highest BCUT2D eigenvalue weighted by atomic mass is 32.2. The van der Waals surface area contributed by atoms with Crippen molar-refractivity contribution in [3.8, 4) is 0 Å². The van der Waals surface area contributed by atoms with Crippen molar-refractivity contribution in [2.24, 2.45) is 5.73 Å². The largest absolute Gasteiger partial charge is 0.465 e. The van der Waals surface area contributed by atoms with Crippen LogP contribution >= 0.6 is 23.1 Å². The number of carbonyl (C=O) groups is 2. The highest BCUT2D eigenvalue weighted by Gasteiger charge is 2.17. The number of hydrogen-bond donors (Lipinski definition) is 2. The van der Waals surface area contributed by atoms with Gasteiger partial charge < -0.3 is 10.5 Å². The van der Waals surface area contributed by atoms with Gasteiger partial charge in [0.25, 0.3) is 0 Å². The molecule has 0 fully saturated rings. The Balaban J connectivity index is 1.88. The lowest BCUT2D eigenvalue weighted by atomic mass is 10.1. The summed E-state index contributed by atoms with van der Waals surface area (Å²) in [6.45, 7) is 2.09. The maximum Gasteiger partial charge on any atom is 0.316 e. The first-order chi connectivity index (χ1) is 11.1. The lowest BCUT2D eigenvalue weighted by Crippen LogP contribution is -2.27. The highest BCUT2D eigenvalue weighted by Crippen LogP contribution is 2.26. The molecule has 1 atom stereocenters. The van der Waals surface area contributed by atoms with Gasteiger partial charge in [-0.15, -0.1) is 10.2 Å². The van der Waals surface area contributed by atoms with Crippen LogP contribution in [0.5, 0.6) is 0 Å². The van der Waals surface area contributed by atoms with Crippen molar-refractivity contribution >= 4 is 40.1 Å². The minimum absolute atomic E-state index is 0.153. The molecule has 0 aliphatic rings. The van der Waals surface area contributed by atoms with E-state index in [4.69, 9.17) is 10.5 Å². The number of hydrogen-bond acceptors (Lipinski definition) is 8. The summed E-state index contributed by atoms with van der Waals surface area (Å²) < 4.78 is 5.40. The molecule has 122 valence electrons. The van der Waals surface area contributed by atoms with Crippen LogP contribution in [0.4, 0.5) is 5.13 Å². The molecule has 23 heavy (non-hydrogen) atoms. The Morgan fingerprint density at radius 1 is 1.35 bits per heavy atom. The maximum atomic E-state index is 12.1. The van der Waals surface area contributed by atoms with Crippen LogP contribution in [0.3, 0.4) is 0 Å². The van der Waals surface area contributed by atoms with E-state index in [1.807, 2.05) is 18.2 Å². The highest BCUT2D eigenvalue weighted by molar-refractivity contribution is 8.01. The van der Waals surface area contributed by atoms with Crippen molar-refractivity contribution in [2.45, 2.75) is 17.3 Å². The monoisotopic (exact) mass is 352 g/mol. The Labute approximate surface area is 141 Å². The van der Waals surface area contributed by atoms with Crippen LogP contribution in [0, 0.1) is 0 Å². The van der Waals surface area contributed by atoms with Crippen LogP contribution in [-0.2, 0) is 14.3 Å². The van der Waals surface area contributed by atoms with Crippen LogP contribution < -0.4 is 11.1 Å². The number of amides is 1. The third-order valence-corrected chi connectivity index (χ3v) is 4.64. The number of rotatable bonds is 7. The maximum absolute atomic E-state index is 12.1. The van der Waals surface area contributed by atoms with Gasteiger partial charge in [0.05, 0.1) is 12.4 Å². The summed E-state index contributed by atoms with van der Waals surface area (Å²) in [4.78, 5) is 23.4. The molecule has 0 aliphatic carbocycles. The Morgan fingerprint density at radius 3 is 2.78 bits per heavy atom. The number of aromatic nitrogens is 2. The van der Waals surface area contributed by atoms with Crippen molar-refractivity contribution < 1.29 is 14.3 Å². The predicted molar refractivity (Wildman–Crippen MR) is 89.3 cm³/mol. The number of nitrogens with zero attached hydrogens (tertiary/aromatic N) is 2. The predicted octanol–water partition coefficient (Wildman–Crippen LogP) is 1.83. The smallest absolute Gasteiger partial charge is 0.316 e. The molecule has 0 saturated carbocycles. The van der Waals surface area contributed by atoms with Gasteiger partial charge in [-0.25, -0.2) is 0 Å². The average molecular weight is 352 g/mol. The first-order valence-corrected chi connectivity index (χ1v) is 8.63. The molecule has 7 nitrogen and oxygen atoms in total. The minimum Gasteiger partial charge on any atom is -0.465 e. The molecular weight excluding hydrogens is 336 g/mol. The van der Waals surface area contributed by atoms with E-state index in [1.54, 1.807) is 19.1 Å². The van der Waals surface area contributed by atoms with Crippen molar-refractivity contribution in [1.29, 1.82) is 0 Å². The van der Waals surface area contributed by atoms with Gasteiger partial charge >= 0.3 is 5.97 Å². The molecule has 1 unspecified atom stereocenters. The molecule has 0 aliphatic heterocycles. The van der Waals surface area contributed by atoms with Gasteiger partial charge in [-0.05, 0) is 12.5 Å². The first-order valence-electron chi connectivity index (χ1n) is 6.83. The third kappa shape index (κ3) is 5.31. The van der Waals surface area contributed by atoms with Crippen LogP contribution in [-0.4, -0.2) is 34.4 Å². The Bertz CT molecular complexity index is 663. The molecule has 0 saturated heterocycles. The third-order valence-electron chi connectivity index (χ3n) is 2.70. The second kappa shape index (κ2) is 8.61. The van der Waals surface area contributed by atoms with Crippen molar-refractivity contribution in [3.05, 3.63) is 35.9 Å². The lowest BCUT2D eigenvalue weighted by Gasteiger charge is -2.10. The van der Waals surface area contributed by atoms with E-state index in [0.717, 1.165) is 0 Å². The van der Waals surface area contributed by atoms with Gasteiger partial charge in [0.15, 0.2) is 4.34 Å². The second-order valence-electron chi connectivity index (χ2n) is 4.34. The van der Waals surface area contributed by atoms with E-state index < -0.39 is 6.04 Å². The van der Waals surface area contributed by atoms with E-state index in [9.17, 15) is 9.59 Å². The summed E-state index contributed by atoms with van der Waals surface area (Å²) in [5, 5.41) is 10.7. The van der Waals surface area contributed by atoms with Crippen LogP contribution in [0.2, 0.25) is 0 Å². The second-order valence-corrected chi connectivity index (χ2v) is 6.54. The SMILES string of the molecule is CCOC(=O)CSc1nnc(NC(=O)C(N)c2ccccc2)s1. The van der Waals surface area contributed by atoms with Crippen molar-refractivity contribution in [1.82, 2.24) is 10.2 Å². The van der Waals surface area contributed by atoms with Crippen molar-refractivity contribution in [3.63, 3.8) is 0 Å². The van der Waals surface area contributed by atoms with E-state index >= 15 is 0 Å². The van der Waals surface area contributed by atoms with E-state index in [-0.39, 0.29) is 17.6 Å². The molecule has 0 spiro atoms. The standard InChI is InChI=1S/C14H16N4O3S2/c1-2-21-10(19)8-22-14-18-17-13(23-14)16-12(20)11(15)9-6-4-3-5-7-9/h3-7,11H,2,8,15H2,1H3,(H,16,17,20).